The van der Waals surface area contributed by atoms with Gasteiger partial charge in [0, 0.05) is 17.3 Å². The summed E-state index contributed by atoms with van der Waals surface area (Å²) in [6, 6.07) is 9.01. The summed E-state index contributed by atoms with van der Waals surface area (Å²) in [7, 11) is 1.59. The summed E-state index contributed by atoms with van der Waals surface area (Å²) < 4.78 is 31.4. The smallest absolute Gasteiger partial charge is 0.337 e. The molecule has 2 rings (SSSR count). The topological polar surface area (TPSA) is 58.6 Å². The summed E-state index contributed by atoms with van der Waals surface area (Å²) in [5, 5.41) is 11.7. The molecular weight excluding hydrogens is 324 g/mol. The summed E-state index contributed by atoms with van der Waals surface area (Å²) in [6.45, 7) is 0. The summed E-state index contributed by atoms with van der Waals surface area (Å²) in [4.78, 5) is 11.0. The third-order valence-corrected chi connectivity index (χ3v) is 3.89. The number of methoxy groups -OCH3 is 1. The lowest BCUT2D eigenvalue weighted by atomic mass is 10.1. The zero-order valence-corrected chi connectivity index (χ0v) is 13.1. The minimum absolute atomic E-state index is 0.0126. The van der Waals surface area contributed by atoms with E-state index in [2.05, 4.69) is 5.32 Å². The second-order valence-electron chi connectivity index (χ2n) is 4.58. The Morgan fingerprint density at radius 3 is 2.52 bits per heavy atom. The lowest BCUT2D eigenvalue weighted by Crippen LogP contribution is -2.06. The molecule has 0 atom stereocenters. The van der Waals surface area contributed by atoms with E-state index in [1.54, 1.807) is 12.6 Å². The van der Waals surface area contributed by atoms with Crippen molar-refractivity contribution in [2.75, 3.05) is 12.4 Å². The Morgan fingerprint density at radius 2 is 1.91 bits per heavy atom. The minimum Gasteiger partial charge on any atom is -0.497 e. The van der Waals surface area contributed by atoms with Crippen LogP contribution in [0.3, 0.4) is 0 Å². The van der Waals surface area contributed by atoms with Crippen molar-refractivity contribution in [1.29, 1.82) is 0 Å². The van der Waals surface area contributed by atoms with Gasteiger partial charge in [-0.25, -0.2) is 13.6 Å². The van der Waals surface area contributed by atoms with Crippen LogP contribution in [0.5, 0.6) is 5.75 Å². The molecule has 0 amide bonds. The van der Waals surface area contributed by atoms with Crippen LogP contribution in [0.25, 0.3) is 0 Å². The average Bonchev–Trinajstić information content (AvgIpc) is 2.54. The first-order chi connectivity index (χ1) is 11.0. The van der Waals surface area contributed by atoms with Crippen LogP contribution < -0.4 is 10.1 Å². The highest BCUT2D eigenvalue weighted by atomic mass is 32.1. The number of carboxylic acid groups (broad SMARTS) is 1. The van der Waals surface area contributed by atoms with Gasteiger partial charge in [-0.15, -0.1) is 0 Å². The van der Waals surface area contributed by atoms with Gasteiger partial charge in [0.15, 0.2) is 11.6 Å². The Labute approximate surface area is 135 Å². The largest absolute Gasteiger partial charge is 0.497 e. The van der Waals surface area contributed by atoms with Crippen LogP contribution in [0.2, 0.25) is 0 Å². The molecule has 0 unspecified atom stereocenters. The molecule has 0 radical (unpaired) electrons. The fraction of sp³-hybridized carbons (Fsp3) is 0.125. The van der Waals surface area contributed by atoms with Crippen LogP contribution in [0.1, 0.15) is 15.9 Å². The van der Waals surface area contributed by atoms with Gasteiger partial charge >= 0.3 is 5.97 Å². The summed E-state index contributed by atoms with van der Waals surface area (Å²) >= 11 is 0.845. The first kappa shape index (κ1) is 17.0. The second kappa shape index (κ2) is 7.73. The number of anilines is 1. The number of aromatic carboxylic acids is 1. The van der Waals surface area contributed by atoms with E-state index >= 15 is 0 Å². The zero-order valence-electron chi connectivity index (χ0n) is 12.2. The van der Waals surface area contributed by atoms with Crippen LogP contribution >= 0.6 is 11.4 Å². The van der Waals surface area contributed by atoms with Gasteiger partial charge in [-0.05, 0) is 23.8 Å². The zero-order chi connectivity index (χ0) is 16.8. The van der Waals surface area contributed by atoms with Crippen molar-refractivity contribution in [3.8, 4) is 5.75 Å². The van der Waals surface area contributed by atoms with E-state index in [9.17, 15) is 13.6 Å². The highest BCUT2D eigenvalue weighted by Crippen LogP contribution is 2.20. The van der Waals surface area contributed by atoms with E-state index in [-0.39, 0.29) is 11.3 Å². The maximum absolute atomic E-state index is 13.2. The summed E-state index contributed by atoms with van der Waals surface area (Å²) in [6.07, 6.45) is 0. The van der Waals surface area contributed by atoms with Crippen LogP contribution in [-0.4, -0.2) is 23.7 Å². The van der Waals surface area contributed by atoms with Crippen molar-refractivity contribution in [2.45, 2.75) is 5.75 Å². The molecule has 2 N–H and O–H groups in total. The predicted molar refractivity (Wildman–Crippen MR) is 88.7 cm³/mol. The molecule has 2 aromatic rings. The number of hydrogen-bond donors (Lipinski definition) is 3. The third-order valence-electron chi connectivity index (χ3n) is 3.04. The maximum atomic E-state index is 13.2. The van der Waals surface area contributed by atoms with E-state index < -0.39 is 17.6 Å². The molecular formula is C16H15F2NO3S. The number of ether oxygens (including phenoxy) is 1. The first-order valence-electron chi connectivity index (χ1n) is 6.61. The second-order valence-corrected chi connectivity index (χ2v) is 5.52. The van der Waals surface area contributed by atoms with Crippen molar-refractivity contribution in [1.82, 2.24) is 0 Å². The van der Waals surface area contributed by atoms with E-state index in [0.717, 1.165) is 28.7 Å². The summed E-state index contributed by atoms with van der Waals surface area (Å²) in [5.41, 5.74) is 2.34. The van der Waals surface area contributed by atoms with Gasteiger partial charge in [0.1, 0.15) is 5.75 Å². The van der Waals surface area contributed by atoms with Gasteiger partial charge in [0.05, 0.1) is 18.4 Å². The molecule has 0 aliphatic carbocycles. The van der Waals surface area contributed by atoms with Crippen LogP contribution in [0.4, 0.5) is 14.5 Å². The SMILES string of the molecule is COc1ccc(C[SH]=CNc2cc(F)c(F)cc2C(=O)O)cc1. The number of carboxylic acids is 1. The average molecular weight is 339 g/mol. The number of nitrogens with one attached hydrogen (secondary N) is 1. The Balaban J connectivity index is 2.04. The molecule has 0 aromatic heterocycles. The first-order valence-corrected chi connectivity index (χ1v) is 7.76. The van der Waals surface area contributed by atoms with E-state index in [1.807, 2.05) is 24.3 Å². The Morgan fingerprint density at radius 1 is 1.26 bits per heavy atom. The number of hydrogen-bond acceptors (Lipinski definition) is 2. The third kappa shape index (κ3) is 4.53. The normalized spacial score (nSPS) is 11.1. The number of benzene rings is 2. The summed E-state index contributed by atoms with van der Waals surface area (Å²) in [5.74, 6) is -2.17. The fourth-order valence-electron chi connectivity index (χ4n) is 1.84. The van der Waals surface area contributed by atoms with Crippen LogP contribution in [-0.2, 0) is 5.75 Å². The van der Waals surface area contributed by atoms with Crippen molar-refractivity contribution in [3.63, 3.8) is 0 Å². The Bertz CT molecular complexity index is 733. The lowest BCUT2D eigenvalue weighted by Gasteiger charge is -2.07. The lowest BCUT2D eigenvalue weighted by molar-refractivity contribution is 0.0697. The number of thiol groups is 1. The van der Waals surface area contributed by atoms with Gasteiger partial charge in [-0.2, -0.15) is 11.4 Å². The molecule has 0 saturated carbocycles. The molecule has 0 spiro atoms. The molecule has 0 bridgehead atoms. The maximum Gasteiger partial charge on any atom is 0.337 e. The molecule has 122 valence electrons. The predicted octanol–water partition coefficient (Wildman–Crippen LogP) is 3.51. The molecule has 4 nitrogen and oxygen atoms in total. The standard InChI is InChI=1S/C16H15F2NO3S/c1-22-11-4-2-10(3-5-11)8-23-9-19-15-7-14(18)13(17)6-12(15)16(20)21/h2-7,9,19,23H,8H2,1H3,(H,20,21). The van der Waals surface area contributed by atoms with Gasteiger partial charge in [0.2, 0.25) is 0 Å². The Hall–Kier alpha value is -2.41. The molecule has 2 aromatic carbocycles. The minimum atomic E-state index is -1.33. The van der Waals surface area contributed by atoms with Crippen molar-refractivity contribution >= 4 is 28.5 Å². The van der Waals surface area contributed by atoms with Gasteiger partial charge in [0.25, 0.3) is 0 Å². The number of rotatable bonds is 6. The quantitative estimate of drug-likeness (QED) is 0.557. The molecule has 0 fully saturated rings. The van der Waals surface area contributed by atoms with Crippen molar-refractivity contribution < 1.29 is 23.4 Å². The van der Waals surface area contributed by atoms with Crippen molar-refractivity contribution in [3.05, 3.63) is 59.2 Å². The molecule has 0 aliphatic rings. The monoisotopic (exact) mass is 339 g/mol. The van der Waals surface area contributed by atoms with Gasteiger partial charge in [-0.3, -0.25) is 0 Å². The van der Waals surface area contributed by atoms with E-state index in [0.29, 0.717) is 11.8 Å². The highest BCUT2D eigenvalue weighted by molar-refractivity contribution is 7.96. The van der Waals surface area contributed by atoms with Crippen LogP contribution in [0, 0.1) is 11.6 Å². The van der Waals surface area contributed by atoms with Gasteiger partial charge < -0.3 is 15.2 Å². The Kier molecular flexibility index (Phi) is 5.70. The van der Waals surface area contributed by atoms with Crippen LogP contribution in [0.15, 0.2) is 36.4 Å². The molecule has 0 heterocycles. The van der Waals surface area contributed by atoms with Gasteiger partial charge in [-0.1, -0.05) is 12.1 Å². The number of carbonyl (C=O) groups is 1. The number of halogens is 2. The molecule has 0 saturated heterocycles. The van der Waals surface area contributed by atoms with Crippen molar-refractivity contribution in [2.24, 2.45) is 0 Å². The molecule has 23 heavy (non-hydrogen) atoms. The van der Waals surface area contributed by atoms with E-state index in [4.69, 9.17) is 9.84 Å². The molecule has 7 heteroatoms. The fourth-order valence-corrected chi connectivity index (χ4v) is 2.58. The van der Waals surface area contributed by atoms with E-state index in [1.165, 1.54) is 0 Å². The molecule has 0 aliphatic heterocycles. The highest BCUT2D eigenvalue weighted by Gasteiger charge is 2.14.